The lowest BCUT2D eigenvalue weighted by atomic mass is 9.73. The Morgan fingerprint density at radius 1 is 1.17 bits per heavy atom. The van der Waals surface area contributed by atoms with Crippen molar-refractivity contribution >= 4 is 17.5 Å². The van der Waals surface area contributed by atoms with E-state index in [0.717, 1.165) is 0 Å². The predicted molar refractivity (Wildman–Crippen MR) is 77.2 cm³/mol. The van der Waals surface area contributed by atoms with Crippen LogP contribution >= 0.6 is 0 Å². The highest BCUT2D eigenvalue weighted by atomic mass is 16.6. The van der Waals surface area contributed by atoms with E-state index in [2.05, 4.69) is 0 Å². The fourth-order valence-electron chi connectivity index (χ4n) is 3.67. The number of hydrogen-bond acceptors (Lipinski definition) is 6. The van der Waals surface area contributed by atoms with E-state index in [-0.39, 0.29) is 34.4 Å². The molecule has 4 rings (SSSR count). The van der Waals surface area contributed by atoms with E-state index in [1.165, 1.54) is 18.2 Å². The Bertz CT molecular complexity index is 816. The van der Waals surface area contributed by atoms with E-state index in [1.807, 2.05) is 0 Å². The summed E-state index contributed by atoms with van der Waals surface area (Å²) in [5, 5.41) is 10.0. The quantitative estimate of drug-likeness (QED) is 0.731. The minimum Gasteiger partial charge on any atom is -0.507 e. The zero-order valence-corrected chi connectivity index (χ0v) is 12.6. The van der Waals surface area contributed by atoms with E-state index in [9.17, 15) is 19.5 Å². The molecule has 6 heteroatoms. The molecule has 3 aliphatic rings. The van der Waals surface area contributed by atoms with Gasteiger partial charge in [0.25, 0.3) is 0 Å². The topological polar surface area (TPSA) is 89.9 Å². The van der Waals surface area contributed by atoms with Crippen molar-refractivity contribution in [1.29, 1.82) is 0 Å². The van der Waals surface area contributed by atoms with Crippen molar-refractivity contribution in [3.8, 4) is 5.75 Å². The van der Waals surface area contributed by atoms with Crippen LogP contribution in [-0.2, 0) is 14.3 Å². The number of Topliss-reactive ketones (excluding diaryl/α,β-unsaturated/α-hetero) is 2. The average Bonchev–Trinajstić information content (AvgIpc) is 2.81. The highest BCUT2D eigenvalue weighted by Crippen LogP contribution is 2.46. The molecule has 1 N–H and O–H groups in total. The van der Waals surface area contributed by atoms with E-state index in [0.29, 0.717) is 0 Å². The first-order chi connectivity index (χ1) is 10.8. The van der Waals surface area contributed by atoms with Crippen LogP contribution in [0.3, 0.4) is 0 Å². The van der Waals surface area contributed by atoms with Crippen molar-refractivity contribution < 1.29 is 29.0 Å². The van der Waals surface area contributed by atoms with Crippen LogP contribution in [0.2, 0.25) is 0 Å². The number of ether oxygens (including phenoxy) is 2. The molecule has 2 aliphatic heterocycles. The van der Waals surface area contributed by atoms with Crippen LogP contribution in [0.15, 0.2) is 29.3 Å². The maximum Gasteiger partial charge on any atom is 0.309 e. The third-order valence-corrected chi connectivity index (χ3v) is 4.55. The van der Waals surface area contributed by atoms with Crippen LogP contribution in [0.1, 0.15) is 41.0 Å². The number of carbonyl (C=O) groups is 3. The van der Waals surface area contributed by atoms with Gasteiger partial charge in [0.05, 0.1) is 23.2 Å². The molecule has 118 valence electrons. The minimum absolute atomic E-state index is 0.0179. The van der Waals surface area contributed by atoms with Crippen molar-refractivity contribution in [1.82, 2.24) is 0 Å². The number of esters is 1. The monoisotopic (exact) mass is 314 g/mol. The van der Waals surface area contributed by atoms with Gasteiger partial charge in [0.1, 0.15) is 11.9 Å². The van der Waals surface area contributed by atoms with E-state index in [1.54, 1.807) is 13.8 Å². The average molecular weight is 314 g/mol. The van der Waals surface area contributed by atoms with Crippen molar-refractivity contribution in [2.24, 2.45) is 0 Å². The Balaban J connectivity index is 1.99. The molecule has 2 heterocycles. The fraction of sp³-hybridized carbons (Fsp3) is 0.353. The Kier molecular flexibility index (Phi) is 2.64. The van der Waals surface area contributed by atoms with E-state index in [4.69, 9.17) is 9.47 Å². The molecular formula is C17H14O6. The minimum atomic E-state index is -1.04. The standard InChI is InChI=1S/C17H14O6/c1-17(2)13-12(16-9(23-17)6-10(19)22-16)14(20)7-4-3-5-8(18)11(7)15(13)21/h3-5,9,16,18H,6H2,1-2H3/t9-,16+/m1/s1. The van der Waals surface area contributed by atoms with Crippen LogP contribution in [0, 0.1) is 0 Å². The highest BCUT2D eigenvalue weighted by Gasteiger charge is 2.54. The Morgan fingerprint density at radius 2 is 1.91 bits per heavy atom. The molecule has 0 radical (unpaired) electrons. The summed E-state index contributed by atoms with van der Waals surface area (Å²) in [5.41, 5.74) is -0.589. The van der Waals surface area contributed by atoms with Gasteiger partial charge in [0.2, 0.25) is 0 Å². The van der Waals surface area contributed by atoms with Gasteiger partial charge in [-0.25, -0.2) is 0 Å². The lowest BCUT2D eigenvalue weighted by Crippen LogP contribution is -2.49. The molecule has 1 aromatic carbocycles. The van der Waals surface area contributed by atoms with E-state index >= 15 is 0 Å². The summed E-state index contributed by atoms with van der Waals surface area (Å²) >= 11 is 0. The molecule has 0 spiro atoms. The number of ketones is 2. The fourth-order valence-corrected chi connectivity index (χ4v) is 3.67. The molecule has 1 aliphatic carbocycles. The van der Waals surface area contributed by atoms with Gasteiger partial charge in [-0.05, 0) is 19.9 Å². The summed E-state index contributed by atoms with van der Waals surface area (Å²) < 4.78 is 11.1. The maximum absolute atomic E-state index is 12.9. The number of aromatic hydroxyl groups is 1. The second-order valence-corrected chi connectivity index (χ2v) is 6.43. The molecular weight excluding hydrogens is 300 g/mol. The van der Waals surface area contributed by atoms with Gasteiger partial charge in [-0.15, -0.1) is 0 Å². The summed E-state index contributed by atoms with van der Waals surface area (Å²) in [5.74, 6) is -1.55. The lowest BCUT2D eigenvalue weighted by Gasteiger charge is -2.41. The third kappa shape index (κ3) is 1.75. The second-order valence-electron chi connectivity index (χ2n) is 6.43. The van der Waals surface area contributed by atoms with Gasteiger partial charge in [0.15, 0.2) is 17.7 Å². The number of phenolic OH excluding ortho intramolecular Hbond substituents is 1. The Hall–Kier alpha value is -2.47. The molecule has 0 amide bonds. The predicted octanol–water partition coefficient (Wildman–Crippen LogP) is 1.56. The number of fused-ring (bicyclic) bond motifs is 3. The summed E-state index contributed by atoms with van der Waals surface area (Å²) in [6.45, 7) is 3.36. The van der Waals surface area contributed by atoms with Gasteiger partial charge in [-0.2, -0.15) is 0 Å². The zero-order valence-electron chi connectivity index (χ0n) is 12.6. The molecule has 2 atom stereocenters. The smallest absolute Gasteiger partial charge is 0.309 e. The van der Waals surface area contributed by atoms with Gasteiger partial charge in [-0.3, -0.25) is 14.4 Å². The normalized spacial score (nSPS) is 28.2. The molecule has 6 nitrogen and oxygen atoms in total. The Labute approximate surface area is 131 Å². The molecule has 0 unspecified atom stereocenters. The van der Waals surface area contributed by atoms with Crippen LogP contribution < -0.4 is 0 Å². The Morgan fingerprint density at radius 3 is 2.65 bits per heavy atom. The summed E-state index contributed by atoms with van der Waals surface area (Å²) in [7, 11) is 0. The summed E-state index contributed by atoms with van der Waals surface area (Å²) in [6, 6.07) is 4.37. The maximum atomic E-state index is 12.9. The van der Waals surface area contributed by atoms with Gasteiger partial charge in [-0.1, -0.05) is 12.1 Å². The summed E-state index contributed by atoms with van der Waals surface area (Å²) in [6.07, 6.45) is -1.39. The highest BCUT2D eigenvalue weighted by molar-refractivity contribution is 6.29. The number of carbonyl (C=O) groups excluding carboxylic acids is 3. The largest absolute Gasteiger partial charge is 0.507 e. The number of phenols is 1. The first-order valence-electron chi connectivity index (χ1n) is 7.34. The molecule has 0 bridgehead atoms. The van der Waals surface area contributed by atoms with Gasteiger partial charge < -0.3 is 14.6 Å². The number of hydrogen-bond donors (Lipinski definition) is 1. The molecule has 23 heavy (non-hydrogen) atoms. The zero-order chi connectivity index (χ0) is 16.5. The van der Waals surface area contributed by atoms with Crippen molar-refractivity contribution in [3.63, 3.8) is 0 Å². The SMILES string of the molecule is CC1(C)O[C@@H]2CC(=O)O[C@@H]2C2=C1C(=O)c1c(O)cccc1C2=O. The van der Waals surface area contributed by atoms with Crippen LogP contribution in [0.25, 0.3) is 0 Å². The first kappa shape index (κ1) is 14.1. The molecule has 1 aromatic rings. The second kappa shape index (κ2) is 4.29. The number of benzene rings is 1. The van der Waals surface area contributed by atoms with Gasteiger partial charge in [0, 0.05) is 11.1 Å². The summed E-state index contributed by atoms with van der Waals surface area (Å²) in [4.78, 5) is 37.5. The van der Waals surface area contributed by atoms with Crippen molar-refractivity contribution in [2.75, 3.05) is 0 Å². The van der Waals surface area contributed by atoms with E-state index < -0.39 is 35.3 Å². The molecule has 1 saturated heterocycles. The van der Waals surface area contributed by atoms with Gasteiger partial charge >= 0.3 is 5.97 Å². The third-order valence-electron chi connectivity index (χ3n) is 4.55. The lowest BCUT2D eigenvalue weighted by molar-refractivity contribution is -0.141. The van der Waals surface area contributed by atoms with Crippen molar-refractivity contribution in [3.05, 3.63) is 40.5 Å². The van der Waals surface area contributed by atoms with Crippen molar-refractivity contribution in [2.45, 2.75) is 38.1 Å². The van der Waals surface area contributed by atoms with Crippen LogP contribution in [-0.4, -0.2) is 40.5 Å². The molecule has 0 aromatic heterocycles. The molecule has 0 saturated carbocycles. The number of rotatable bonds is 0. The van der Waals surface area contributed by atoms with Crippen LogP contribution in [0.4, 0.5) is 0 Å². The first-order valence-corrected chi connectivity index (χ1v) is 7.34. The van der Waals surface area contributed by atoms with Crippen LogP contribution in [0.5, 0.6) is 5.75 Å². The molecule has 1 fully saturated rings.